The molecule has 1 unspecified atom stereocenters. The SMILES string of the molecule is CCOC(=O)C1=C(C)N=c2s/c(=C\c3cc(Cl)ccc3OCc3ccc(C#N)cc3)c(=O)n2C1c1ccc(F)cc1. The van der Waals surface area contributed by atoms with Crippen LogP contribution in [0.3, 0.4) is 0 Å². The Balaban J connectivity index is 1.59. The molecule has 1 aromatic heterocycles. The maximum absolute atomic E-state index is 13.9. The van der Waals surface area contributed by atoms with Crippen molar-refractivity contribution >= 4 is 35.0 Å². The first-order chi connectivity index (χ1) is 19.8. The van der Waals surface area contributed by atoms with E-state index in [1.165, 1.54) is 16.7 Å². The number of hydrogen-bond acceptors (Lipinski definition) is 7. The Hall–Kier alpha value is -4.52. The third kappa shape index (κ3) is 5.85. The zero-order valence-corrected chi connectivity index (χ0v) is 23.6. The molecule has 1 aliphatic heterocycles. The smallest absolute Gasteiger partial charge is 0.338 e. The number of aromatic nitrogens is 1. The Bertz CT molecular complexity index is 1890. The van der Waals surface area contributed by atoms with Gasteiger partial charge in [-0.05, 0) is 73.5 Å². The standard InChI is InChI=1S/C31H23ClFN3O4S/c1-3-39-30(38)27-18(2)35-31-36(28(27)21-8-11-24(33)12-9-21)29(37)26(41-31)15-22-14-23(32)10-13-25(22)40-17-20-6-4-19(16-34)5-7-20/h4-15,28H,3,17H2,1-2H3/b26-15-. The van der Waals surface area contributed by atoms with Crippen molar-refractivity contribution < 1.29 is 18.7 Å². The second-order valence-corrected chi connectivity index (χ2v) is 10.6. The lowest BCUT2D eigenvalue weighted by molar-refractivity contribution is -0.139. The fraction of sp³-hybridized carbons (Fsp3) is 0.161. The molecule has 0 spiro atoms. The van der Waals surface area contributed by atoms with Crippen molar-refractivity contribution in [2.75, 3.05) is 6.61 Å². The highest BCUT2D eigenvalue weighted by Crippen LogP contribution is 2.31. The molecule has 4 aromatic rings. The van der Waals surface area contributed by atoms with E-state index in [0.29, 0.717) is 42.5 Å². The van der Waals surface area contributed by atoms with Crippen LogP contribution in [0.4, 0.5) is 4.39 Å². The molecule has 0 radical (unpaired) electrons. The first kappa shape index (κ1) is 28.0. The lowest BCUT2D eigenvalue weighted by atomic mass is 9.96. The Labute approximate surface area is 243 Å². The maximum atomic E-state index is 13.9. The molecule has 1 atom stereocenters. The molecule has 1 aliphatic rings. The van der Waals surface area contributed by atoms with E-state index in [2.05, 4.69) is 11.1 Å². The van der Waals surface area contributed by atoms with Gasteiger partial charge >= 0.3 is 5.97 Å². The number of allylic oxidation sites excluding steroid dienone is 1. The number of nitriles is 1. The van der Waals surface area contributed by atoms with Crippen LogP contribution in [-0.2, 0) is 16.1 Å². The van der Waals surface area contributed by atoms with E-state index >= 15 is 0 Å². The van der Waals surface area contributed by atoms with Crippen LogP contribution >= 0.6 is 22.9 Å². The number of halogens is 2. The van der Waals surface area contributed by atoms with Crippen LogP contribution in [0.5, 0.6) is 5.75 Å². The molecule has 206 valence electrons. The minimum absolute atomic E-state index is 0.149. The number of rotatable bonds is 7. The van der Waals surface area contributed by atoms with Gasteiger partial charge in [-0.1, -0.05) is 47.2 Å². The molecular formula is C31H23ClFN3O4S. The Morgan fingerprint density at radius 2 is 1.90 bits per heavy atom. The third-order valence-electron chi connectivity index (χ3n) is 6.44. The molecule has 3 aromatic carbocycles. The molecule has 0 fully saturated rings. The molecule has 10 heteroatoms. The second-order valence-electron chi connectivity index (χ2n) is 9.13. The molecule has 2 heterocycles. The molecule has 7 nitrogen and oxygen atoms in total. The van der Waals surface area contributed by atoms with Crippen molar-refractivity contribution in [2.24, 2.45) is 4.99 Å². The number of thiazole rings is 1. The van der Waals surface area contributed by atoms with E-state index in [1.807, 2.05) is 12.1 Å². The van der Waals surface area contributed by atoms with Gasteiger partial charge in [-0.15, -0.1) is 0 Å². The van der Waals surface area contributed by atoms with Crippen molar-refractivity contribution in [1.82, 2.24) is 4.57 Å². The monoisotopic (exact) mass is 587 g/mol. The van der Waals surface area contributed by atoms with Crippen molar-refractivity contribution in [1.29, 1.82) is 5.26 Å². The van der Waals surface area contributed by atoms with E-state index in [9.17, 15) is 14.0 Å². The van der Waals surface area contributed by atoms with Gasteiger partial charge in [-0.3, -0.25) is 9.36 Å². The van der Waals surface area contributed by atoms with Crippen LogP contribution in [0.15, 0.2) is 87.8 Å². The lowest BCUT2D eigenvalue weighted by Gasteiger charge is -2.24. The van der Waals surface area contributed by atoms with Gasteiger partial charge in [0.1, 0.15) is 18.2 Å². The largest absolute Gasteiger partial charge is 0.488 e. The summed E-state index contributed by atoms with van der Waals surface area (Å²) in [5.41, 5.74) is 2.80. The molecule has 0 amide bonds. The van der Waals surface area contributed by atoms with Crippen LogP contribution in [0.1, 0.15) is 42.1 Å². The minimum Gasteiger partial charge on any atom is -0.488 e. The average molecular weight is 588 g/mol. The molecule has 41 heavy (non-hydrogen) atoms. The molecule has 0 aliphatic carbocycles. The molecule has 0 N–H and O–H groups in total. The summed E-state index contributed by atoms with van der Waals surface area (Å²) < 4.78 is 26.9. The second kappa shape index (κ2) is 11.9. The first-order valence-corrected chi connectivity index (χ1v) is 13.8. The Morgan fingerprint density at radius 3 is 2.59 bits per heavy atom. The van der Waals surface area contributed by atoms with Crippen LogP contribution < -0.4 is 19.6 Å². The highest BCUT2D eigenvalue weighted by molar-refractivity contribution is 7.07. The van der Waals surface area contributed by atoms with Gasteiger partial charge in [0.2, 0.25) is 0 Å². The molecular weight excluding hydrogens is 565 g/mol. The van der Waals surface area contributed by atoms with Gasteiger partial charge in [0, 0.05) is 10.6 Å². The number of nitrogens with zero attached hydrogens (tertiary/aromatic N) is 3. The number of hydrogen-bond donors (Lipinski definition) is 0. The topological polar surface area (TPSA) is 93.7 Å². The highest BCUT2D eigenvalue weighted by atomic mass is 35.5. The number of fused-ring (bicyclic) bond motifs is 1. The van der Waals surface area contributed by atoms with Crippen LogP contribution in [0, 0.1) is 17.1 Å². The van der Waals surface area contributed by atoms with Gasteiger partial charge in [-0.25, -0.2) is 14.2 Å². The van der Waals surface area contributed by atoms with E-state index in [4.69, 9.17) is 26.3 Å². The van der Waals surface area contributed by atoms with Crippen molar-refractivity contribution in [3.05, 3.63) is 131 Å². The summed E-state index contributed by atoms with van der Waals surface area (Å²) in [5.74, 6) is -0.525. The summed E-state index contributed by atoms with van der Waals surface area (Å²) >= 11 is 7.46. The lowest BCUT2D eigenvalue weighted by Crippen LogP contribution is -2.39. The van der Waals surface area contributed by atoms with Gasteiger partial charge in [0.15, 0.2) is 4.80 Å². The first-order valence-electron chi connectivity index (χ1n) is 12.7. The van der Waals surface area contributed by atoms with Crippen LogP contribution in [0.25, 0.3) is 6.08 Å². The average Bonchev–Trinajstić information content (AvgIpc) is 3.26. The number of benzene rings is 3. The maximum Gasteiger partial charge on any atom is 0.338 e. The summed E-state index contributed by atoms with van der Waals surface area (Å²) in [7, 11) is 0. The molecule has 0 bridgehead atoms. The van der Waals surface area contributed by atoms with Crippen molar-refractivity contribution in [3.8, 4) is 11.8 Å². The highest BCUT2D eigenvalue weighted by Gasteiger charge is 2.33. The number of carbonyl (C=O) groups excluding carboxylic acids is 1. The third-order valence-corrected chi connectivity index (χ3v) is 7.66. The zero-order chi connectivity index (χ0) is 29.1. The normalized spacial score (nSPS) is 14.7. The molecule has 5 rings (SSSR count). The quantitative estimate of drug-likeness (QED) is 0.282. The van der Waals surface area contributed by atoms with Crippen LogP contribution in [-0.4, -0.2) is 17.1 Å². The van der Waals surface area contributed by atoms with Gasteiger partial charge in [0.25, 0.3) is 5.56 Å². The summed E-state index contributed by atoms with van der Waals surface area (Å²) in [6.45, 7) is 3.77. The summed E-state index contributed by atoms with van der Waals surface area (Å²) in [6, 6.07) is 19.1. The van der Waals surface area contributed by atoms with E-state index < -0.39 is 17.8 Å². The Kier molecular flexibility index (Phi) is 8.15. The summed E-state index contributed by atoms with van der Waals surface area (Å²) in [6.07, 6.45) is 1.68. The number of carbonyl (C=O) groups is 1. The summed E-state index contributed by atoms with van der Waals surface area (Å²) in [5, 5.41) is 9.48. The predicted octanol–water partition coefficient (Wildman–Crippen LogP) is 5.04. The number of ether oxygens (including phenoxy) is 2. The fourth-order valence-electron chi connectivity index (χ4n) is 4.49. The van der Waals surface area contributed by atoms with Crippen LogP contribution in [0.2, 0.25) is 5.02 Å². The number of esters is 1. The molecule has 0 saturated carbocycles. The minimum atomic E-state index is -0.848. The van der Waals surface area contributed by atoms with Gasteiger partial charge < -0.3 is 9.47 Å². The predicted molar refractivity (Wildman–Crippen MR) is 154 cm³/mol. The van der Waals surface area contributed by atoms with E-state index in [-0.39, 0.29) is 24.3 Å². The summed E-state index contributed by atoms with van der Waals surface area (Å²) in [4.78, 5) is 31.8. The van der Waals surface area contributed by atoms with Gasteiger partial charge in [-0.2, -0.15) is 5.26 Å². The zero-order valence-electron chi connectivity index (χ0n) is 22.1. The van der Waals surface area contributed by atoms with Crippen molar-refractivity contribution in [2.45, 2.75) is 26.5 Å². The molecule has 0 saturated heterocycles. The van der Waals surface area contributed by atoms with Gasteiger partial charge in [0.05, 0.1) is 40.1 Å². The fourth-order valence-corrected chi connectivity index (χ4v) is 5.71. The van der Waals surface area contributed by atoms with E-state index in [0.717, 1.165) is 16.9 Å². The van der Waals surface area contributed by atoms with E-state index in [1.54, 1.807) is 62.4 Å². The Morgan fingerprint density at radius 1 is 1.17 bits per heavy atom. The van der Waals surface area contributed by atoms with Crippen molar-refractivity contribution in [3.63, 3.8) is 0 Å².